The van der Waals surface area contributed by atoms with Crippen LogP contribution in [0.4, 0.5) is 13.2 Å². The zero-order valence-electron chi connectivity index (χ0n) is 13.1. The van der Waals surface area contributed by atoms with Gasteiger partial charge in [-0.25, -0.2) is 13.2 Å². The first kappa shape index (κ1) is 17.7. The van der Waals surface area contributed by atoms with Gasteiger partial charge in [-0.2, -0.15) is 0 Å². The molecule has 0 aliphatic carbocycles. The van der Waals surface area contributed by atoms with E-state index in [0.29, 0.717) is 25.6 Å². The van der Waals surface area contributed by atoms with Crippen LogP contribution in [0.5, 0.6) is 0 Å². The summed E-state index contributed by atoms with van der Waals surface area (Å²) in [6.45, 7) is 3.88. The molecule has 0 bridgehead atoms. The smallest absolute Gasteiger partial charge is 0.237 e. The Labute approximate surface area is 133 Å². The van der Waals surface area contributed by atoms with Crippen LogP contribution in [0.3, 0.4) is 0 Å². The molecule has 2 rings (SSSR count). The molecule has 1 saturated heterocycles. The molecule has 1 fully saturated rings. The van der Waals surface area contributed by atoms with Gasteiger partial charge in [0.15, 0.2) is 11.6 Å². The van der Waals surface area contributed by atoms with Crippen molar-refractivity contribution in [2.75, 3.05) is 19.6 Å². The maximum absolute atomic E-state index is 13.6. The van der Waals surface area contributed by atoms with Crippen LogP contribution in [0.1, 0.15) is 25.3 Å². The topological polar surface area (TPSA) is 58.4 Å². The molecule has 0 radical (unpaired) electrons. The van der Waals surface area contributed by atoms with Gasteiger partial charge in [0.25, 0.3) is 0 Å². The minimum Gasteiger partial charge on any atom is -0.355 e. The SMILES string of the molecule is C[C@@H]1C(=O)NCCCN1CC[C@H](N)Cc1cc(F)c(F)cc1F. The number of nitrogens with two attached hydrogens (primary N) is 1. The normalized spacial score (nSPS) is 20.9. The fourth-order valence-corrected chi connectivity index (χ4v) is 2.74. The van der Waals surface area contributed by atoms with Gasteiger partial charge in [0.1, 0.15) is 5.82 Å². The molecule has 1 aliphatic rings. The average Bonchev–Trinajstić information content (AvgIpc) is 2.65. The zero-order valence-corrected chi connectivity index (χ0v) is 13.1. The summed E-state index contributed by atoms with van der Waals surface area (Å²) in [5, 5.41) is 2.83. The quantitative estimate of drug-likeness (QED) is 0.807. The van der Waals surface area contributed by atoms with Gasteiger partial charge in [0, 0.05) is 31.7 Å². The molecule has 1 aliphatic heterocycles. The maximum atomic E-state index is 13.6. The van der Waals surface area contributed by atoms with Crippen molar-refractivity contribution in [2.45, 2.75) is 38.3 Å². The molecule has 4 nitrogen and oxygen atoms in total. The number of carbonyl (C=O) groups excluding carboxylic acids is 1. The molecule has 0 spiro atoms. The second-order valence-electron chi connectivity index (χ2n) is 5.97. The van der Waals surface area contributed by atoms with E-state index in [1.165, 1.54) is 0 Å². The van der Waals surface area contributed by atoms with Crippen LogP contribution in [0.2, 0.25) is 0 Å². The van der Waals surface area contributed by atoms with Crippen molar-refractivity contribution in [1.82, 2.24) is 10.2 Å². The van der Waals surface area contributed by atoms with Crippen LogP contribution < -0.4 is 11.1 Å². The standard InChI is InChI=1S/C16H22F3N3O/c1-10-16(23)21-4-2-5-22(10)6-3-12(20)7-11-8-14(18)15(19)9-13(11)17/h8-10,12H,2-7,20H2,1H3,(H,21,23)/t10-,12+/m1/s1. The Hall–Kier alpha value is -1.60. The van der Waals surface area contributed by atoms with E-state index in [2.05, 4.69) is 5.32 Å². The van der Waals surface area contributed by atoms with E-state index in [-0.39, 0.29) is 23.9 Å². The van der Waals surface area contributed by atoms with Gasteiger partial charge in [-0.05, 0) is 37.8 Å². The molecule has 0 unspecified atom stereocenters. The van der Waals surface area contributed by atoms with E-state index in [1.807, 2.05) is 11.8 Å². The summed E-state index contributed by atoms with van der Waals surface area (Å²) < 4.78 is 39.7. The van der Waals surface area contributed by atoms with Crippen LogP contribution in [0, 0.1) is 17.5 Å². The van der Waals surface area contributed by atoms with E-state index in [4.69, 9.17) is 5.73 Å². The highest BCUT2D eigenvalue weighted by Gasteiger charge is 2.24. The Bertz CT molecular complexity index is 568. The summed E-state index contributed by atoms with van der Waals surface area (Å²) in [6.07, 6.45) is 1.52. The summed E-state index contributed by atoms with van der Waals surface area (Å²) >= 11 is 0. The summed E-state index contributed by atoms with van der Waals surface area (Å²) in [7, 11) is 0. The average molecular weight is 329 g/mol. The largest absolute Gasteiger partial charge is 0.355 e. The predicted molar refractivity (Wildman–Crippen MR) is 81.3 cm³/mol. The molecule has 0 aromatic heterocycles. The molecule has 128 valence electrons. The Morgan fingerprint density at radius 3 is 2.74 bits per heavy atom. The lowest BCUT2D eigenvalue weighted by Crippen LogP contribution is -2.43. The maximum Gasteiger partial charge on any atom is 0.237 e. The number of hydrogen-bond acceptors (Lipinski definition) is 3. The first-order valence-corrected chi connectivity index (χ1v) is 7.79. The van der Waals surface area contributed by atoms with Crippen molar-refractivity contribution in [3.8, 4) is 0 Å². The molecule has 7 heteroatoms. The molecule has 1 heterocycles. The third-order valence-corrected chi connectivity index (χ3v) is 4.21. The minimum atomic E-state index is -1.20. The third-order valence-electron chi connectivity index (χ3n) is 4.21. The Morgan fingerprint density at radius 1 is 1.30 bits per heavy atom. The van der Waals surface area contributed by atoms with Gasteiger partial charge in [0.2, 0.25) is 5.91 Å². The fraction of sp³-hybridized carbons (Fsp3) is 0.562. The van der Waals surface area contributed by atoms with Gasteiger partial charge in [-0.15, -0.1) is 0 Å². The molecule has 1 aromatic carbocycles. The molecular formula is C16H22F3N3O. The molecule has 23 heavy (non-hydrogen) atoms. The molecular weight excluding hydrogens is 307 g/mol. The predicted octanol–water partition coefficient (Wildman–Crippen LogP) is 1.57. The van der Waals surface area contributed by atoms with E-state index in [0.717, 1.165) is 19.0 Å². The molecule has 1 aromatic rings. The molecule has 3 N–H and O–H groups in total. The first-order chi connectivity index (χ1) is 10.9. The molecule has 1 amide bonds. The highest BCUT2D eigenvalue weighted by atomic mass is 19.2. The lowest BCUT2D eigenvalue weighted by atomic mass is 10.0. The van der Waals surface area contributed by atoms with Gasteiger partial charge in [-0.1, -0.05) is 0 Å². The molecule has 2 atom stereocenters. The number of halogens is 3. The van der Waals surface area contributed by atoms with Gasteiger partial charge >= 0.3 is 0 Å². The highest BCUT2D eigenvalue weighted by Crippen LogP contribution is 2.16. The van der Waals surface area contributed by atoms with E-state index in [9.17, 15) is 18.0 Å². The third kappa shape index (κ3) is 4.68. The van der Waals surface area contributed by atoms with Crippen molar-refractivity contribution in [3.63, 3.8) is 0 Å². The summed E-state index contributed by atoms with van der Waals surface area (Å²) in [4.78, 5) is 13.8. The van der Waals surface area contributed by atoms with E-state index in [1.54, 1.807) is 0 Å². The van der Waals surface area contributed by atoms with Crippen molar-refractivity contribution in [1.29, 1.82) is 0 Å². The number of nitrogens with one attached hydrogen (secondary N) is 1. The van der Waals surface area contributed by atoms with Gasteiger partial charge < -0.3 is 11.1 Å². The van der Waals surface area contributed by atoms with Gasteiger partial charge in [-0.3, -0.25) is 9.69 Å². The molecule has 0 saturated carbocycles. The number of rotatable bonds is 5. The monoisotopic (exact) mass is 329 g/mol. The van der Waals surface area contributed by atoms with Crippen molar-refractivity contribution in [2.24, 2.45) is 5.73 Å². The van der Waals surface area contributed by atoms with Crippen molar-refractivity contribution in [3.05, 3.63) is 35.1 Å². The Morgan fingerprint density at radius 2 is 2.00 bits per heavy atom. The number of nitrogens with zero attached hydrogens (tertiary/aromatic N) is 1. The number of hydrogen-bond donors (Lipinski definition) is 2. The van der Waals surface area contributed by atoms with E-state index >= 15 is 0 Å². The van der Waals surface area contributed by atoms with Crippen molar-refractivity contribution >= 4 is 5.91 Å². The Balaban J connectivity index is 1.91. The van der Waals surface area contributed by atoms with Crippen molar-refractivity contribution < 1.29 is 18.0 Å². The summed E-state index contributed by atoms with van der Waals surface area (Å²) in [5.74, 6) is -3.08. The lowest BCUT2D eigenvalue weighted by molar-refractivity contribution is -0.124. The van der Waals surface area contributed by atoms with Crippen LogP contribution >= 0.6 is 0 Å². The van der Waals surface area contributed by atoms with Crippen LogP contribution in [0.25, 0.3) is 0 Å². The Kier molecular flexibility index (Phi) is 6.01. The number of benzene rings is 1. The van der Waals surface area contributed by atoms with Crippen LogP contribution in [-0.4, -0.2) is 42.5 Å². The van der Waals surface area contributed by atoms with E-state index < -0.39 is 23.5 Å². The second kappa shape index (κ2) is 7.79. The van der Waals surface area contributed by atoms with Crippen LogP contribution in [-0.2, 0) is 11.2 Å². The number of carbonyl (C=O) groups is 1. The van der Waals surface area contributed by atoms with Crippen LogP contribution in [0.15, 0.2) is 12.1 Å². The second-order valence-corrected chi connectivity index (χ2v) is 5.97. The highest BCUT2D eigenvalue weighted by molar-refractivity contribution is 5.81. The summed E-state index contributed by atoms with van der Waals surface area (Å²) in [5.41, 5.74) is 6.06. The van der Waals surface area contributed by atoms with Gasteiger partial charge in [0.05, 0.1) is 6.04 Å². The zero-order chi connectivity index (χ0) is 17.0. The minimum absolute atomic E-state index is 0.0114. The summed E-state index contributed by atoms with van der Waals surface area (Å²) in [6, 6.07) is 0.767. The number of amides is 1. The lowest BCUT2D eigenvalue weighted by Gasteiger charge is -2.26. The fourth-order valence-electron chi connectivity index (χ4n) is 2.74. The first-order valence-electron chi connectivity index (χ1n) is 7.79.